The van der Waals surface area contributed by atoms with Crippen LogP contribution in [0, 0.1) is 11.8 Å². The first-order chi connectivity index (χ1) is 13.4. The monoisotopic (exact) mass is 418 g/mol. The van der Waals surface area contributed by atoms with Gasteiger partial charge in [0.25, 0.3) is 5.91 Å². The third-order valence-corrected chi connectivity index (χ3v) is 5.86. The van der Waals surface area contributed by atoms with Gasteiger partial charge >= 0.3 is 0 Å². The molecule has 0 N–H and O–H groups in total. The van der Waals surface area contributed by atoms with Crippen LogP contribution in [0.15, 0.2) is 48.5 Å². The van der Waals surface area contributed by atoms with Crippen molar-refractivity contribution < 1.29 is 14.4 Å². The summed E-state index contributed by atoms with van der Waals surface area (Å²) < 4.78 is 0. The summed E-state index contributed by atoms with van der Waals surface area (Å²) >= 11 is 12.1. The minimum atomic E-state index is -0.842. The SMILES string of the molecule is CC(C)C[C@@H]1[C@@H]2C(=O)N(c3ccc(Cl)c(Cl)c3)C(=O)[C@H]2ON1c1ccccc1. The Hall–Kier alpha value is -2.08. The van der Waals surface area contributed by atoms with Gasteiger partial charge in [0.1, 0.15) is 0 Å². The summed E-state index contributed by atoms with van der Waals surface area (Å²) in [5.41, 5.74) is 1.25. The van der Waals surface area contributed by atoms with Crippen LogP contribution in [-0.2, 0) is 14.4 Å². The summed E-state index contributed by atoms with van der Waals surface area (Å²) in [6.07, 6.45) is -0.115. The van der Waals surface area contributed by atoms with Gasteiger partial charge in [-0.15, -0.1) is 0 Å². The van der Waals surface area contributed by atoms with Crippen molar-refractivity contribution in [1.82, 2.24) is 0 Å². The Kier molecular flexibility index (Phi) is 5.08. The van der Waals surface area contributed by atoms with Crippen molar-refractivity contribution in [3.63, 3.8) is 0 Å². The van der Waals surface area contributed by atoms with E-state index >= 15 is 0 Å². The number of rotatable bonds is 4. The van der Waals surface area contributed by atoms with Crippen LogP contribution >= 0.6 is 23.2 Å². The molecule has 2 amide bonds. The second-order valence-corrected chi connectivity index (χ2v) is 8.33. The second kappa shape index (κ2) is 7.39. The van der Waals surface area contributed by atoms with Gasteiger partial charge in [-0.25, -0.2) is 9.96 Å². The van der Waals surface area contributed by atoms with Crippen LogP contribution in [0.1, 0.15) is 20.3 Å². The number of hydrogen-bond acceptors (Lipinski definition) is 4. The van der Waals surface area contributed by atoms with Gasteiger partial charge in [-0.1, -0.05) is 55.2 Å². The standard InChI is InChI=1S/C21H20Cl2N2O3/c1-12(2)10-17-18-19(28-25(17)13-6-4-3-5-7-13)21(27)24(20(18)26)14-8-9-15(22)16(23)11-14/h3-9,11-12,17-19H,10H2,1-2H3/t17-,18+,19+/m1/s1. The lowest BCUT2D eigenvalue weighted by Gasteiger charge is -2.29. The minimum absolute atomic E-state index is 0.225. The van der Waals surface area contributed by atoms with Crippen molar-refractivity contribution in [1.29, 1.82) is 0 Å². The third-order valence-electron chi connectivity index (χ3n) is 5.12. The van der Waals surface area contributed by atoms with E-state index in [1.807, 2.05) is 30.3 Å². The number of carbonyl (C=O) groups excluding carboxylic acids is 2. The van der Waals surface area contributed by atoms with Crippen LogP contribution < -0.4 is 9.96 Å². The van der Waals surface area contributed by atoms with Crippen LogP contribution in [0.5, 0.6) is 0 Å². The number of anilines is 2. The Bertz CT molecular complexity index is 919. The molecule has 0 aromatic heterocycles. The van der Waals surface area contributed by atoms with E-state index in [2.05, 4.69) is 13.8 Å². The molecule has 2 saturated heterocycles. The van der Waals surface area contributed by atoms with Gasteiger partial charge in [0, 0.05) is 0 Å². The van der Waals surface area contributed by atoms with E-state index in [4.69, 9.17) is 28.0 Å². The third kappa shape index (κ3) is 3.17. The van der Waals surface area contributed by atoms with Gasteiger partial charge in [0.05, 0.1) is 33.4 Å². The number of hydrogen-bond donors (Lipinski definition) is 0. The first-order valence-corrected chi connectivity index (χ1v) is 9.98. The fraction of sp³-hybridized carbons (Fsp3) is 0.333. The van der Waals surface area contributed by atoms with Crippen molar-refractivity contribution in [2.75, 3.05) is 9.96 Å². The van der Waals surface area contributed by atoms with Crippen LogP contribution in [-0.4, -0.2) is 24.0 Å². The molecular weight excluding hydrogens is 399 g/mol. The zero-order valence-electron chi connectivity index (χ0n) is 15.5. The quantitative estimate of drug-likeness (QED) is 0.674. The number of nitrogens with zero attached hydrogens (tertiary/aromatic N) is 2. The number of hydroxylamine groups is 1. The number of imide groups is 1. The molecule has 2 aromatic rings. The first-order valence-electron chi connectivity index (χ1n) is 9.22. The number of benzene rings is 2. The van der Waals surface area contributed by atoms with E-state index in [1.165, 1.54) is 11.0 Å². The Labute approximate surface area is 173 Å². The molecule has 0 unspecified atom stereocenters. The Morgan fingerprint density at radius 3 is 2.32 bits per heavy atom. The predicted octanol–water partition coefficient (Wildman–Crippen LogP) is 4.72. The summed E-state index contributed by atoms with van der Waals surface area (Å²) in [4.78, 5) is 33.6. The predicted molar refractivity (Wildman–Crippen MR) is 109 cm³/mol. The van der Waals surface area contributed by atoms with Gasteiger partial charge in [-0.3, -0.25) is 14.4 Å². The second-order valence-electron chi connectivity index (χ2n) is 7.52. The normalized spacial score (nSPS) is 24.4. The topological polar surface area (TPSA) is 49.9 Å². The maximum atomic E-state index is 13.3. The summed E-state index contributed by atoms with van der Waals surface area (Å²) in [5, 5.41) is 2.40. The lowest BCUT2D eigenvalue weighted by Crippen LogP contribution is -2.41. The molecule has 7 heteroatoms. The number of carbonyl (C=O) groups is 2. The molecule has 146 valence electrons. The molecule has 0 radical (unpaired) electrons. The maximum Gasteiger partial charge on any atom is 0.266 e. The van der Waals surface area contributed by atoms with Crippen LogP contribution in [0.25, 0.3) is 0 Å². The Morgan fingerprint density at radius 2 is 1.68 bits per heavy atom. The number of para-hydroxylation sites is 1. The van der Waals surface area contributed by atoms with Gasteiger partial charge in [-0.2, -0.15) is 0 Å². The first kappa shape index (κ1) is 19.2. The van der Waals surface area contributed by atoms with Gasteiger partial charge in [0.2, 0.25) is 5.91 Å². The Morgan fingerprint density at radius 1 is 0.964 bits per heavy atom. The summed E-state index contributed by atoms with van der Waals surface area (Å²) in [5.74, 6) is -0.872. The van der Waals surface area contributed by atoms with E-state index in [9.17, 15) is 9.59 Å². The van der Waals surface area contributed by atoms with Crippen molar-refractivity contribution in [2.24, 2.45) is 11.8 Å². The van der Waals surface area contributed by atoms with Gasteiger partial charge in [0.15, 0.2) is 6.10 Å². The Balaban J connectivity index is 1.70. The van der Waals surface area contributed by atoms with E-state index < -0.39 is 12.0 Å². The zero-order valence-corrected chi connectivity index (χ0v) is 17.0. The van der Waals surface area contributed by atoms with E-state index in [-0.39, 0.29) is 17.9 Å². The van der Waals surface area contributed by atoms with E-state index in [0.717, 1.165) is 12.1 Å². The van der Waals surface area contributed by atoms with Crippen molar-refractivity contribution >= 4 is 46.4 Å². The highest BCUT2D eigenvalue weighted by molar-refractivity contribution is 6.42. The van der Waals surface area contributed by atoms with Gasteiger partial charge in [-0.05, 0) is 42.7 Å². The fourth-order valence-electron chi connectivity index (χ4n) is 3.92. The molecule has 0 bridgehead atoms. The number of amides is 2. The molecular formula is C21H20Cl2N2O3. The number of fused-ring (bicyclic) bond motifs is 1. The van der Waals surface area contributed by atoms with Gasteiger partial charge < -0.3 is 0 Å². The molecule has 3 atom stereocenters. The highest BCUT2D eigenvalue weighted by Gasteiger charge is 2.59. The van der Waals surface area contributed by atoms with E-state index in [0.29, 0.717) is 21.7 Å². The smallest absolute Gasteiger partial charge is 0.266 e. The fourth-order valence-corrected chi connectivity index (χ4v) is 4.21. The molecule has 4 rings (SSSR count). The van der Waals surface area contributed by atoms with Crippen molar-refractivity contribution in [3.05, 3.63) is 58.6 Å². The molecule has 2 fully saturated rings. The molecule has 2 heterocycles. The molecule has 2 aliphatic heterocycles. The summed E-state index contributed by atoms with van der Waals surface area (Å²) in [7, 11) is 0. The molecule has 0 aliphatic carbocycles. The molecule has 0 spiro atoms. The zero-order chi connectivity index (χ0) is 20.0. The molecule has 2 aromatic carbocycles. The average molecular weight is 419 g/mol. The molecule has 28 heavy (non-hydrogen) atoms. The summed E-state index contributed by atoms with van der Waals surface area (Å²) in [6.45, 7) is 4.18. The number of halogens is 2. The van der Waals surface area contributed by atoms with Crippen molar-refractivity contribution in [3.8, 4) is 0 Å². The molecule has 2 aliphatic rings. The highest BCUT2D eigenvalue weighted by atomic mass is 35.5. The van der Waals surface area contributed by atoms with Crippen LogP contribution in [0.2, 0.25) is 10.0 Å². The lowest BCUT2D eigenvalue weighted by atomic mass is 9.90. The van der Waals surface area contributed by atoms with Crippen molar-refractivity contribution in [2.45, 2.75) is 32.4 Å². The average Bonchev–Trinajstić information content (AvgIpc) is 3.14. The highest BCUT2D eigenvalue weighted by Crippen LogP contribution is 2.42. The minimum Gasteiger partial charge on any atom is -0.273 e. The van der Waals surface area contributed by atoms with Crippen LogP contribution in [0.3, 0.4) is 0 Å². The lowest BCUT2D eigenvalue weighted by molar-refractivity contribution is -0.126. The largest absolute Gasteiger partial charge is 0.273 e. The maximum absolute atomic E-state index is 13.3. The summed E-state index contributed by atoms with van der Waals surface area (Å²) in [6, 6.07) is 14.1. The molecule has 0 saturated carbocycles. The molecule has 5 nitrogen and oxygen atoms in total. The van der Waals surface area contributed by atoms with E-state index in [1.54, 1.807) is 17.2 Å². The van der Waals surface area contributed by atoms with Crippen LogP contribution in [0.4, 0.5) is 11.4 Å².